The van der Waals surface area contributed by atoms with Crippen LogP contribution in [0.15, 0.2) is 57.9 Å². The summed E-state index contributed by atoms with van der Waals surface area (Å²) in [5.74, 6) is -0.148. The molecule has 9 heteroatoms. The van der Waals surface area contributed by atoms with Crippen LogP contribution in [0.1, 0.15) is 24.2 Å². The number of halogens is 1. The molecule has 168 valence electrons. The van der Waals surface area contributed by atoms with E-state index >= 15 is 0 Å². The number of rotatable bonds is 5. The minimum absolute atomic E-state index is 0.0462. The first-order valence-electron chi connectivity index (χ1n) is 10.0. The molecule has 31 heavy (non-hydrogen) atoms. The summed E-state index contributed by atoms with van der Waals surface area (Å²) in [6, 6.07) is 13.2. The van der Waals surface area contributed by atoms with Crippen molar-refractivity contribution in [2.24, 2.45) is 5.92 Å². The van der Waals surface area contributed by atoms with Gasteiger partial charge in [0.15, 0.2) is 0 Å². The van der Waals surface area contributed by atoms with Crippen LogP contribution in [0.3, 0.4) is 0 Å². The number of nitrogens with zero attached hydrogens (tertiary/aromatic N) is 2. The highest BCUT2D eigenvalue weighted by atomic mass is 79.9. The fourth-order valence-electron chi connectivity index (χ4n) is 3.57. The highest BCUT2D eigenvalue weighted by Crippen LogP contribution is 2.35. The van der Waals surface area contributed by atoms with Crippen LogP contribution in [0.4, 0.5) is 0 Å². The van der Waals surface area contributed by atoms with Crippen LogP contribution in [-0.2, 0) is 10.0 Å². The lowest BCUT2D eigenvalue weighted by Crippen LogP contribution is -2.50. The molecule has 1 aliphatic heterocycles. The second kappa shape index (κ2) is 9.68. The molecule has 1 aliphatic rings. The molecule has 2 aromatic rings. The summed E-state index contributed by atoms with van der Waals surface area (Å²) in [6.07, 6.45) is -0.449. The first-order chi connectivity index (χ1) is 14.6. The SMILES string of the molecule is C[C@H](CO)N1C[C@H](C)[C@H](CN(C)C(=O)c2ccccc2)Oc2cc(Br)ccc2S1(=O)=O. The number of hydrogen-bond acceptors (Lipinski definition) is 5. The van der Waals surface area contributed by atoms with Crippen LogP contribution in [-0.4, -0.2) is 67.5 Å². The van der Waals surface area contributed by atoms with Crippen molar-refractivity contribution < 1.29 is 23.1 Å². The molecule has 1 N–H and O–H groups in total. The maximum Gasteiger partial charge on any atom is 0.253 e. The lowest BCUT2D eigenvalue weighted by Gasteiger charge is -2.37. The molecule has 3 rings (SSSR count). The van der Waals surface area contributed by atoms with E-state index in [2.05, 4.69) is 15.9 Å². The Balaban J connectivity index is 1.96. The van der Waals surface area contributed by atoms with Crippen LogP contribution < -0.4 is 4.74 Å². The predicted octanol–water partition coefficient (Wildman–Crippen LogP) is 2.99. The fraction of sp³-hybridized carbons (Fsp3) is 0.409. The molecule has 0 unspecified atom stereocenters. The Morgan fingerprint density at radius 3 is 2.61 bits per heavy atom. The number of aliphatic hydroxyl groups excluding tert-OH is 1. The number of aliphatic hydroxyl groups is 1. The van der Waals surface area contributed by atoms with Gasteiger partial charge in [0.05, 0.1) is 13.2 Å². The fourth-order valence-corrected chi connectivity index (χ4v) is 5.74. The van der Waals surface area contributed by atoms with Crippen LogP contribution in [0.25, 0.3) is 0 Å². The molecular formula is C22H27BrN2O5S. The first-order valence-corrected chi connectivity index (χ1v) is 12.3. The molecule has 0 aliphatic carbocycles. The number of ether oxygens (including phenoxy) is 1. The third-order valence-electron chi connectivity index (χ3n) is 5.45. The second-order valence-electron chi connectivity index (χ2n) is 7.88. The van der Waals surface area contributed by atoms with Gasteiger partial charge in [0.2, 0.25) is 10.0 Å². The Hall–Kier alpha value is -1.94. The average molecular weight is 511 g/mol. The number of sulfonamides is 1. The van der Waals surface area contributed by atoms with Crippen LogP contribution in [0, 0.1) is 5.92 Å². The van der Waals surface area contributed by atoms with Crippen LogP contribution >= 0.6 is 15.9 Å². The number of carbonyl (C=O) groups is 1. The maximum absolute atomic E-state index is 13.3. The number of fused-ring (bicyclic) bond motifs is 1. The Kier molecular flexibility index (Phi) is 7.41. The van der Waals surface area contributed by atoms with E-state index in [4.69, 9.17) is 4.74 Å². The summed E-state index contributed by atoms with van der Waals surface area (Å²) in [7, 11) is -2.16. The Morgan fingerprint density at radius 2 is 1.97 bits per heavy atom. The third kappa shape index (κ3) is 5.11. The second-order valence-corrected chi connectivity index (χ2v) is 10.7. The smallest absolute Gasteiger partial charge is 0.253 e. The predicted molar refractivity (Wildman–Crippen MR) is 122 cm³/mol. The zero-order chi connectivity index (χ0) is 22.8. The van der Waals surface area contributed by atoms with E-state index < -0.39 is 22.2 Å². The van der Waals surface area contributed by atoms with Crippen LogP contribution in [0.2, 0.25) is 0 Å². The molecule has 0 saturated carbocycles. The van der Waals surface area contributed by atoms with E-state index in [0.29, 0.717) is 10.0 Å². The lowest BCUT2D eigenvalue weighted by atomic mass is 10.0. The number of benzene rings is 2. The van der Waals surface area contributed by atoms with Crippen molar-refractivity contribution in [3.8, 4) is 5.75 Å². The van der Waals surface area contributed by atoms with Gasteiger partial charge in [-0.2, -0.15) is 4.31 Å². The molecule has 2 aromatic carbocycles. The monoisotopic (exact) mass is 510 g/mol. The summed E-state index contributed by atoms with van der Waals surface area (Å²) >= 11 is 3.38. The molecule has 3 atom stereocenters. The summed E-state index contributed by atoms with van der Waals surface area (Å²) in [5, 5.41) is 9.67. The third-order valence-corrected chi connectivity index (χ3v) is 7.96. The number of carbonyl (C=O) groups excluding carboxylic acids is 1. The quantitative estimate of drug-likeness (QED) is 0.667. The molecule has 0 fully saturated rings. The van der Waals surface area contributed by atoms with Gasteiger partial charge in [-0.05, 0) is 37.3 Å². The highest BCUT2D eigenvalue weighted by Gasteiger charge is 2.38. The standard InChI is InChI=1S/C22H27BrN2O5S/c1-15-12-25(16(2)14-26)31(28,29)21-10-9-18(23)11-19(21)30-20(15)13-24(3)22(27)17-7-5-4-6-8-17/h4-11,15-16,20,26H,12-14H2,1-3H3/t15-,16+,20-/m0/s1. The zero-order valence-corrected chi connectivity index (χ0v) is 20.1. The summed E-state index contributed by atoms with van der Waals surface area (Å²) in [4.78, 5) is 14.5. The molecular weight excluding hydrogens is 484 g/mol. The van der Waals surface area contributed by atoms with E-state index in [0.717, 1.165) is 0 Å². The summed E-state index contributed by atoms with van der Waals surface area (Å²) in [6.45, 7) is 3.71. The molecule has 0 aromatic heterocycles. The van der Waals surface area contributed by atoms with Gasteiger partial charge in [-0.3, -0.25) is 4.79 Å². The van der Waals surface area contributed by atoms with Crippen molar-refractivity contribution >= 4 is 31.9 Å². The van der Waals surface area contributed by atoms with E-state index in [1.807, 2.05) is 25.1 Å². The van der Waals surface area contributed by atoms with E-state index in [-0.39, 0.29) is 42.2 Å². The van der Waals surface area contributed by atoms with Crippen molar-refractivity contribution in [2.45, 2.75) is 30.9 Å². The molecule has 0 bridgehead atoms. The highest BCUT2D eigenvalue weighted by molar-refractivity contribution is 9.10. The van der Waals surface area contributed by atoms with Gasteiger partial charge in [-0.25, -0.2) is 8.42 Å². The molecule has 1 amide bonds. The lowest BCUT2D eigenvalue weighted by molar-refractivity contribution is 0.0563. The summed E-state index contributed by atoms with van der Waals surface area (Å²) in [5.41, 5.74) is 0.574. The van der Waals surface area contributed by atoms with Crippen molar-refractivity contribution in [1.29, 1.82) is 0 Å². The van der Waals surface area contributed by atoms with Crippen LogP contribution in [0.5, 0.6) is 5.75 Å². The normalized spacial score (nSPS) is 21.8. The van der Waals surface area contributed by atoms with Gasteiger partial charge < -0.3 is 14.7 Å². The van der Waals surface area contributed by atoms with Gasteiger partial charge in [-0.15, -0.1) is 0 Å². The van der Waals surface area contributed by atoms with Gasteiger partial charge in [0.25, 0.3) is 5.91 Å². The van der Waals surface area contributed by atoms with Crippen molar-refractivity contribution in [3.05, 3.63) is 58.6 Å². The Bertz CT molecular complexity index is 1030. The maximum atomic E-state index is 13.3. The van der Waals surface area contributed by atoms with Gasteiger partial charge in [0, 0.05) is 35.6 Å². The number of amides is 1. The van der Waals surface area contributed by atoms with Crippen molar-refractivity contribution in [3.63, 3.8) is 0 Å². The van der Waals surface area contributed by atoms with Crippen molar-refractivity contribution in [2.75, 3.05) is 26.7 Å². The minimum Gasteiger partial charge on any atom is -0.487 e. The molecule has 0 spiro atoms. The number of hydrogen-bond donors (Lipinski definition) is 1. The minimum atomic E-state index is -3.87. The van der Waals surface area contributed by atoms with Crippen molar-refractivity contribution in [1.82, 2.24) is 9.21 Å². The molecule has 1 heterocycles. The zero-order valence-electron chi connectivity index (χ0n) is 17.7. The Morgan fingerprint density at radius 1 is 1.29 bits per heavy atom. The molecule has 7 nitrogen and oxygen atoms in total. The van der Waals surface area contributed by atoms with Gasteiger partial charge in [0.1, 0.15) is 16.7 Å². The van der Waals surface area contributed by atoms with Gasteiger partial charge >= 0.3 is 0 Å². The topological polar surface area (TPSA) is 87.2 Å². The van der Waals surface area contributed by atoms with Gasteiger partial charge in [-0.1, -0.05) is 41.1 Å². The van der Waals surface area contributed by atoms with E-state index in [1.54, 1.807) is 43.1 Å². The molecule has 0 saturated heterocycles. The first kappa shape index (κ1) is 23.7. The summed E-state index contributed by atoms with van der Waals surface area (Å²) < 4.78 is 34.8. The van der Waals surface area contributed by atoms with E-state index in [1.165, 1.54) is 10.4 Å². The average Bonchev–Trinajstić information content (AvgIpc) is 2.75. The Labute approximate surface area is 191 Å². The largest absolute Gasteiger partial charge is 0.487 e. The van der Waals surface area contributed by atoms with E-state index in [9.17, 15) is 18.3 Å². The number of likely N-dealkylation sites (N-methyl/N-ethyl adjacent to an activating group) is 1. The molecule has 0 radical (unpaired) electrons.